The molecule has 1 fully saturated rings. The SMILES string of the molecule is CC(O)CCC1(CO)COC1. The molecule has 0 bridgehead atoms. The molecule has 1 saturated heterocycles. The zero-order valence-electron chi connectivity index (χ0n) is 6.92. The topological polar surface area (TPSA) is 49.7 Å². The van der Waals surface area contributed by atoms with E-state index in [0.29, 0.717) is 13.2 Å². The number of hydrogen-bond donors (Lipinski definition) is 2. The lowest BCUT2D eigenvalue weighted by Gasteiger charge is -2.40. The van der Waals surface area contributed by atoms with Gasteiger partial charge in [-0.3, -0.25) is 0 Å². The molecule has 0 aromatic rings. The van der Waals surface area contributed by atoms with Crippen LogP contribution in [0.1, 0.15) is 19.8 Å². The summed E-state index contributed by atoms with van der Waals surface area (Å²) in [5.74, 6) is 0. The zero-order chi connectivity index (χ0) is 8.32. The fraction of sp³-hybridized carbons (Fsp3) is 1.00. The molecule has 1 aliphatic heterocycles. The summed E-state index contributed by atoms with van der Waals surface area (Å²) in [5, 5.41) is 18.0. The Balaban J connectivity index is 2.22. The van der Waals surface area contributed by atoms with E-state index in [2.05, 4.69) is 0 Å². The Morgan fingerprint density at radius 1 is 1.55 bits per heavy atom. The number of rotatable bonds is 4. The molecule has 0 radical (unpaired) electrons. The van der Waals surface area contributed by atoms with Gasteiger partial charge in [-0.2, -0.15) is 0 Å². The minimum absolute atomic E-state index is 0.0308. The first-order chi connectivity index (χ1) is 5.18. The molecule has 1 rings (SSSR count). The van der Waals surface area contributed by atoms with Crippen molar-refractivity contribution in [3.05, 3.63) is 0 Å². The van der Waals surface area contributed by atoms with E-state index in [0.717, 1.165) is 12.8 Å². The van der Waals surface area contributed by atoms with Gasteiger partial charge in [0.15, 0.2) is 0 Å². The largest absolute Gasteiger partial charge is 0.396 e. The summed E-state index contributed by atoms with van der Waals surface area (Å²) in [5.41, 5.74) is -0.0308. The maximum absolute atomic E-state index is 9.01. The Morgan fingerprint density at radius 2 is 2.18 bits per heavy atom. The molecule has 1 unspecified atom stereocenters. The number of ether oxygens (including phenoxy) is 1. The Hall–Kier alpha value is -0.120. The second-order valence-electron chi connectivity index (χ2n) is 3.54. The highest BCUT2D eigenvalue weighted by atomic mass is 16.5. The van der Waals surface area contributed by atoms with Gasteiger partial charge in [-0.05, 0) is 19.8 Å². The molecule has 0 amide bonds. The Labute approximate surface area is 67.0 Å². The van der Waals surface area contributed by atoms with E-state index in [1.54, 1.807) is 6.92 Å². The average molecular weight is 160 g/mol. The summed E-state index contributed by atoms with van der Waals surface area (Å²) < 4.78 is 5.02. The summed E-state index contributed by atoms with van der Waals surface area (Å²) in [6.45, 7) is 3.25. The van der Waals surface area contributed by atoms with E-state index in [-0.39, 0.29) is 18.1 Å². The Morgan fingerprint density at radius 3 is 2.45 bits per heavy atom. The van der Waals surface area contributed by atoms with Crippen LogP contribution in [0.15, 0.2) is 0 Å². The van der Waals surface area contributed by atoms with Crippen LogP contribution in [-0.4, -0.2) is 36.1 Å². The molecule has 3 nitrogen and oxygen atoms in total. The van der Waals surface area contributed by atoms with Crippen LogP contribution in [0.25, 0.3) is 0 Å². The third-order valence-corrected chi connectivity index (χ3v) is 2.24. The molecule has 1 heterocycles. The van der Waals surface area contributed by atoms with E-state index in [4.69, 9.17) is 14.9 Å². The van der Waals surface area contributed by atoms with Crippen LogP contribution in [0, 0.1) is 5.41 Å². The molecule has 2 N–H and O–H groups in total. The maximum atomic E-state index is 9.01. The summed E-state index contributed by atoms with van der Waals surface area (Å²) in [6.07, 6.45) is 1.35. The summed E-state index contributed by atoms with van der Waals surface area (Å²) in [4.78, 5) is 0. The van der Waals surface area contributed by atoms with E-state index in [1.807, 2.05) is 0 Å². The first kappa shape index (κ1) is 8.97. The zero-order valence-corrected chi connectivity index (χ0v) is 6.92. The molecular weight excluding hydrogens is 144 g/mol. The average Bonchev–Trinajstić information content (AvgIpc) is 1.86. The van der Waals surface area contributed by atoms with Crippen molar-refractivity contribution in [3.63, 3.8) is 0 Å². The quantitative estimate of drug-likeness (QED) is 0.615. The highest BCUT2D eigenvalue weighted by Crippen LogP contribution is 2.32. The first-order valence-electron chi connectivity index (χ1n) is 4.05. The van der Waals surface area contributed by atoms with Crippen LogP contribution in [0.2, 0.25) is 0 Å². The van der Waals surface area contributed by atoms with E-state index >= 15 is 0 Å². The van der Waals surface area contributed by atoms with Gasteiger partial charge in [0.1, 0.15) is 0 Å². The van der Waals surface area contributed by atoms with Crippen molar-refractivity contribution in [2.45, 2.75) is 25.9 Å². The van der Waals surface area contributed by atoms with Crippen LogP contribution >= 0.6 is 0 Å². The fourth-order valence-corrected chi connectivity index (χ4v) is 1.22. The van der Waals surface area contributed by atoms with Gasteiger partial charge in [0.2, 0.25) is 0 Å². The predicted molar refractivity (Wildman–Crippen MR) is 41.3 cm³/mol. The lowest BCUT2D eigenvalue weighted by Crippen LogP contribution is -2.45. The van der Waals surface area contributed by atoms with Gasteiger partial charge in [0, 0.05) is 5.41 Å². The summed E-state index contributed by atoms with van der Waals surface area (Å²) in [6, 6.07) is 0. The molecule has 0 spiro atoms. The van der Waals surface area contributed by atoms with Crippen LogP contribution in [0.5, 0.6) is 0 Å². The van der Waals surface area contributed by atoms with Crippen molar-refractivity contribution >= 4 is 0 Å². The third kappa shape index (κ3) is 2.15. The third-order valence-electron chi connectivity index (χ3n) is 2.24. The van der Waals surface area contributed by atoms with Crippen molar-refractivity contribution in [1.29, 1.82) is 0 Å². The molecule has 11 heavy (non-hydrogen) atoms. The highest BCUT2D eigenvalue weighted by Gasteiger charge is 2.37. The molecule has 1 atom stereocenters. The number of aliphatic hydroxyl groups excluding tert-OH is 2. The number of hydrogen-bond acceptors (Lipinski definition) is 3. The van der Waals surface area contributed by atoms with Gasteiger partial charge in [-0.25, -0.2) is 0 Å². The highest BCUT2D eigenvalue weighted by molar-refractivity contribution is 4.85. The predicted octanol–water partition coefficient (Wildman–Crippen LogP) is 0.156. The Bertz CT molecular complexity index is 113. The Kier molecular flexibility index (Phi) is 2.87. The molecule has 1 aliphatic rings. The molecule has 3 heteroatoms. The molecule has 66 valence electrons. The fourth-order valence-electron chi connectivity index (χ4n) is 1.22. The lowest BCUT2D eigenvalue weighted by atomic mass is 9.81. The smallest absolute Gasteiger partial charge is 0.0566 e. The van der Waals surface area contributed by atoms with Crippen LogP contribution < -0.4 is 0 Å². The van der Waals surface area contributed by atoms with Crippen molar-refractivity contribution in [1.82, 2.24) is 0 Å². The van der Waals surface area contributed by atoms with E-state index in [1.165, 1.54) is 0 Å². The minimum atomic E-state index is -0.265. The molecule has 0 aliphatic carbocycles. The van der Waals surface area contributed by atoms with Crippen molar-refractivity contribution < 1.29 is 14.9 Å². The molecule has 0 saturated carbocycles. The second kappa shape index (κ2) is 3.52. The van der Waals surface area contributed by atoms with Gasteiger partial charge in [-0.15, -0.1) is 0 Å². The molecule has 0 aromatic carbocycles. The van der Waals surface area contributed by atoms with Gasteiger partial charge >= 0.3 is 0 Å². The van der Waals surface area contributed by atoms with Gasteiger partial charge in [-0.1, -0.05) is 0 Å². The van der Waals surface area contributed by atoms with Crippen molar-refractivity contribution in [2.75, 3.05) is 19.8 Å². The number of aliphatic hydroxyl groups is 2. The summed E-state index contributed by atoms with van der Waals surface area (Å²) >= 11 is 0. The first-order valence-corrected chi connectivity index (χ1v) is 4.05. The molecule has 0 aromatic heterocycles. The van der Waals surface area contributed by atoms with Crippen molar-refractivity contribution in [3.8, 4) is 0 Å². The van der Waals surface area contributed by atoms with E-state index in [9.17, 15) is 0 Å². The second-order valence-corrected chi connectivity index (χ2v) is 3.54. The van der Waals surface area contributed by atoms with Gasteiger partial charge in [0.05, 0.1) is 25.9 Å². The lowest BCUT2D eigenvalue weighted by molar-refractivity contribution is -0.143. The monoisotopic (exact) mass is 160 g/mol. The van der Waals surface area contributed by atoms with Crippen LogP contribution in [-0.2, 0) is 4.74 Å². The maximum Gasteiger partial charge on any atom is 0.0566 e. The standard InChI is InChI=1S/C8H16O3/c1-7(10)2-3-8(4-9)5-11-6-8/h7,9-10H,2-6H2,1H3. The van der Waals surface area contributed by atoms with Crippen LogP contribution in [0.4, 0.5) is 0 Å². The molecular formula is C8H16O3. The van der Waals surface area contributed by atoms with Gasteiger partial charge < -0.3 is 14.9 Å². The van der Waals surface area contributed by atoms with Crippen LogP contribution in [0.3, 0.4) is 0 Å². The minimum Gasteiger partial charge on any atom is -0.396 e. The van der Waals surface area contributed by atoms with E-state index < -0.39 is 0 Å². The van der Waals surface area contributed by atoms with Crippen molar-refractivity contribution in [2.24, 2.45) is 5.41 Å². The van der Waals surface area contributed by atoms with Gasteiger partial charge in [0.25, 0.3) is 0 Å². The normalized spacial score (nSPS) is 24.3. The summed E-state index contributed by atoms with van der Waals surface area (Å²) in [7, 11) is 0.